The first kappa shape index (κ1) is 20.0. The SMILES string of the molecule is COc1ccc(Cl)cc1NC(=O)[C@@H]1CCC(=O)CC1c1cc(Cl)cc(Cl)c1. The number of hydrogen-bond acceptors (Lipinski definition) is 3. The summed E-state index contributed by atoms with van der Waals surface area (Å²) in [6, 6.07) is 10.2. The van der Waals surface area contributed by atoms with Crippen LogP contribution in [0, 0.1) is 5.92 Å². The van der Waals surface area contributed by atoms with Crippen LogP contribution in [0.3, 0.4) is 0 Å². The summed E-state index contributed by atoms with van der Waals surface area (Å²) in [5.74, 6) is -0.222. The van der Waals surface area contributed by atoms with E-state index in [9.17, 15) is 9.59 Å². The fourth-order valence-corrected chi connectivity index (χ4v) is 4.18. The van der Waals surface area contributed by atoms with Gasteiger partial charge in [-0.15, -0.1) is 0 Å². The number of methoxy groups -OCH3 is 1. The smallest absolute Gasteiger partial charge is 0.228 e. The molecule has 1 unspecified atom stereocenters. The monoisotopic (exact) mass is 425 g/mol. The minimum absolute atomic E-state index is 0.125. The summed E-state index contributed by atoms with van der Waals surface area (Å²) in [6.07, 6.45) is 1.11. The number of halogens is 3. The number of benzene rings is 2. The molecule has 1 aliphatic rings. The number of nitrogens with one attached hydrogen (secondary N) is 1. The highest BCUT2D eigenvalue weighted by atomic mass is 35.5. The Kier molecular flexibility index (Phi) is 6.30. The Labute approximate surface area is 172 Å². The lowest BCUT2D eigenvalue weighted by molar-refractivity contribution is -0.126. The molecule has 0 radical (unpaired) electrons. The number of ether oxygens (including phenoxy) is 1. The molecule has 1 aliphatic carbocycles. The lowest BCUT2D eigenvalue weighted by Crippen LogP contribution is -2.33. The van der Waals surface area contributed by atoms with Crippen LogP contribution < -0.4 is 10.1 Å². The minimum atomic E-state index is -0.388. The highest BCUT2D eigenvalue weighted by Crippen LogP contribution is 2.39. The molecule has 3 rings (SSSR count). The second-order valence-electron chi connectivity index (χ2n) is 6.53. The zero-order chi connectivity index (χ0) is 19.6. The summed E-state index contributed by atoms with van der Waals surface area (Å²) in [4.78, 5) is 25.1. The predicted octanol–water partition coefficient (Wildman–Crippen LogP) is 5.75. The van der Waals surface area contributed by atoms with Crippen molar-refractivity contribution in [1.82, 2.24) is 0 Å². The summed E-state index contributed by atoms with van der Waals surface area (Å²) in [5, 5.41) is 4.34. The van der Waals surface area contributed by atoms with Gasteiger partial charge in [-0.3, -0.25) is 9.59 Å². The van der Waals surface area contributed by atoms with Crippen molar-refractivity contribution in [3.8, 4) is 5.75 Å². The molecule has 1 amide bonds. The Morgan fingerprint density at radius 3 is 2.44 bits per heavy atom. The van der Waals surface area contributed by atoms with Crippen LogP contribution in [0.2, 0.25) is 15.1 Å². The van der Waals surface area contributed by atoms with E-state index in [1.807, 2.05) is 0 Å². The zero-order valence-corrected chi connectivity index (χ0v) is 16.9. The molecule has 0 spiro atoms. The Morgan fingerprint density at radius 2 is 1.78 bits per heavy atom. The average molecular weight is 427 g/mol. The molecule has 2 aromatic carbocycles. The van der Waals surface area contributed by atoms with Crippen LogP contribution in [0.4, 0.5) is 5.69 Å². The van der Waals surface area contributed by atoms with Gasteiger partial charge in [-0.25, -0.2) is 0 Å². The van der Waals surface area contributed by atoms with Crippen molar-refractivity contribution in [2.75, 3.05) is 12.4 Å². The van der Waals surface area contributed by atoms with Gasteiger partial charge in [0.1, 0.15) is 11.5 Å². The van der Waals surface area contributed by atoms with Gasteiger partial charge in [0.05, 0.1) is 12.8 Å². The van der Waals surface area contributed by atoms with Crippen molar-refractivity contribution in [1.29, 1.82) is 0 Å². The lowest BCUT2D eigenvalue weighted by Gasteiger charge is -2.30. The van der Waals surface area contributed by atoms with Gasteiger partial charge in [-0.05, 0) is 48.4 Å². The maximum atomic E-state index is 13.0. The summed E-state index contributed by atoms with van der Waals surface area (Å²) in [6.45, 7) is 0. The maximum absolute atomic E-state index is 13.0. The minimum Gasteiger partial charge on any atom is -0.495 e. The molecule has 0 aromatic heterocycles. The molecule has 142 valence electrons. The van der Waals surface area contributed by atoms with Crippen LogP contribution in [0.5, 0.6) is 5.75 Å². The molecule has 7 heteroatoms. The second kappa shape index (κ2) is 8.51. The van der Waals surface area contributed by atoms with Crippen molar-refractivity contribution in [2.24, 2.45) is 5.92 Å². The predicted molar refractivity (Wildman–Crippen MR) is 108 cm³/mol. The Hall–Kier alpha value is -1.75. The van der Waals surface area contributed by atoms with Crippen LogP contribution in [0.15, 0.2) is 36.4 Å². The molecule has 1 saturated carbocycles. The average Bonchev–Trinajstić information content (AvgIpc) is 2.61. The first-order valence-electron chi connectivity index (χ1n) is 8.49. The third-order valence-electron chi connectivity index (χ3n) is 4.74. The quantitative estimate of drug-likeness (QED) is 0.677. The maximum Gasteiger partial charge on any atom is 0.228 e. The van der Waals surface area contributed by atoms with Gasteiger partial charge in [0.15, 0.2) is 0 Å². The number of carbonyl (C=O) groups excluding carboxylic acids is 2. The molecule has 2 atom stereocenters. The van der Waals surface area contributed by atoms with E-state index in [0.29, 0.717) is 39.3 Å². The van der Waals surface area contributed by atoms with Crippen molar-refractivity contribution < 1.29 is 14.3 Å². The summed E-state index contributed by atoms with van der Waals surface area (Å²) in [7, 11) is 1.52. The van der Waals surface area contributed by atoms with Crippen LogP contribution >= 0.6 is 34.8 Å². The molecule has 27 heavy (non-hydrogen) atoms. The number of carbonyl (C=O) groups is 2. The van der Waals surface area contributed by atoms with Crippen molar-refractivity contribution in [3.05, 3.63) is 57.0 Å². The molecular formula is C20H18Cl3NO3. The van der Waals surface area contributed by atoms with Crippen molar-refractivity contribution in [3.63, 3.8) is 0 Å². The van der Waals surface area contributed by atoms with Crippen molar-refractivity contribution >= 4 is 52.2 Å². The van der Waals surface area contributed by atoms with Gasteiger partial charge in [-0.2, -0.15) is 0 Å². The summed E-state index contributed by atoms with van der Waals surface area (Å²) < 4.78 is 5.29. The molecular weight excluding hydrogens is 409 g/mol. The Balaban J connectivity index is 1.89. The Morgan fingerprint density at radius 1 is 1.07 bits per heavy atom. The van der Waals surface area contributed by atoms with Crippen LogP contribution in [0.25, 0.3) is 0 Å². The number of Topliss-reactive ketones (excluding diaryl/α,β-unsaturated/α-hetero) is 1. The largest absolute Gasteiger partial charge is 0.495 e. The molecule has 0 bridgehead atoms. The molecule has 4 nitrogen and oxygen atoms in total. The summed E-state index contributed by atoms with van der Waals surface area (Å²) >= 11 is 18.3. The molecule has 0 saturated heterocycles. The Bertz CT molecular complexity index is 865. The lowest BCUT2D eigenvalue weighted by atomic mass is 9.74. The van der Waals surface area contributed by atoms with Crippen LogP contribution in [-0.2, 0) is 9.59 Å². The number of anilines is 1. The van der Waals surface area contributed by atoms with Gasteiger partial charge in [-0.1, -0.05) is 34.8 Å². The van der Waals surface area contributed by atoms with Crippen LogP contribution in [-0.4, -0.2) is 18.8 Å². The van der Waals surface area contributed by atoms with E-state index in [4.69, 9.17) is 39.5 Å². The van der Waals surface area contributed by atoms with Crippen LogP contribution in [0.1, 0.15) is 30.7 Å². The van der Waals surface area contributed by atoms with E-state index in [1.54, 1.807) is 36.4 Å². The van der Waals surface area contributed by atoms with E-state index < -0.39 is 0 Å². The second-order valence-corrected chi connectivity index (χ2v) is 7.84. The van der Waals surface area contributed by atoms with Gasteiger partial charge in [0, 0.05) is 39.7 Å². The molecule has 0 heterocycles. The first-order valence-corrected chi connectivity index (χ1v) is 9.63. The fraction of sp³-hybridized carbons (Fsp3) is 0.300. The fourth-order valence-electron chi connectivity index (χ4n) is 3.46. The van der Waals surface area contributed by atoms with E-state index in [2.05, 4.69) is 5.32 Å². The first-order chi connectivity index (χ1) is 12.9. The highest BCUT2D eigenvalue weighted by molar-refractivity contribution is 6.34. The number of amides is 1. The van der Waals surface area contributed by atoms with E-state index in [0.717, 1.165) is 5.56 Å². The van der Waals surface area contributed by atoms with Crippen molar-refractivity contribution in [2.45, 2.75) is 25.2 Å². The normalized spacial score (nSPS) is 19.6. The third-order valence-corrected chi connectivity index (χ3v) is 5.41. The molecule has 1 N–H and O–H groups in total. The van der Waals surface area contributed by atoms with Gasteiger partial charge in [0.25, 0.3) is 0 Å². The third kappa shape index (κ3) is 4.75. The zero-order valence-electron chi connectivity index (χ0n) is 14.6. The standard InChI is InChI=1S/C20H18Cl3NO3/c1-27-19-5-2-12(21)9-18(19)24-20(26)16-4-3-15(25)10-17(16)11-6-13(22)8-14(23)7-11/h2,5-9,16-17H,3-4,10H2,1H3,(H,24,26)/t16-,17?/m1/s1. The van der Waals surface area contributed by atoms with E-state index in [-0.39, 0.29) is 29.9 Å². The highest BCUT2D eigenvalue weighted by Gasteiger charge is 2.36. The van der Waals surface area contributed by atoms with E-state index >= 15 is 0 Å². The topological polar surface area (TPSA) is 55.4 Å². The van der Waals surface area contributed by atoms with Gasteiger partial charge < -0.3 is 10.1 Å². The number of hydrogen-bond donors (Lipinski definition) is 1. The van der Waals surface area contributed by atoms with E-state index in [1.165, 1.54) is 7.11 Å². The number of rotatable bonds is 4. The molecule has 2 aromatic rings. The van der Waals surface area contributed by atoms with Gasteiger partial charge in [0.2, 0.25) is 5.91 Å². The summed E-state index contributed by atoms with van der Waals surface area (Å²) in [5.41, 5.74) is 1.29. The number of ketones is 1. The molecule has 1 fully saturated rings. The van der Waals surface area contributed by atoms with Gasteiger partial charge >= 0.3 is 0 Å². The molecule has 0 aliphatic heterocycles.